The highest BCUT2D eigenvalue weighted by molar-refractivity contribution is 7.89. The second kappa shape index (κ2) is 5.66. The van der Waals surface area contributed by atoms with Crippen LogP contribution in [0.1, 0.15) is 31.4 Å². The van der Waals surface area contributed by atoms with Crippen LogP contribution in [0.25, 0.3) is 0 Å². The minimum atomic E-state index is -3.64. The molecule has 1 N–H and O–H groups in total. The van der Waals surface area contributed by atoms with E-state index in [1.807, 2.05) is 19.9 Å². The average Bonchev–Trinajstić information content (AvgIpc) is 2.93. The lowest BCUT2D eigenvalue weighted by Gasteiger charge is -2.36. The Kier molecular flexibility index (Phi) is 3.99. The summed E-state index contributed by atoms with van der Waals surface area (Å²) in [5.41, 5.74) is 2.37. The minimum absolute atomic E-state index is 0.0653. The molecular formula is C16H22N2O3S. The van der Waals surface area contributed by atoms with Crippen LogP contribution >= 0.6 is 0 Å². The molecule has 22 heavy (non-hydrogen) atoms. The molecule has 1 aliphatic carbocycles. The Labute approximate surface area is 131 Å². The summed E-state index contributed by atoms with van der Waals surface area (Å²) in [7, 11) is -3.64. The molecule has 0 radical (unpaired) electrons. The number of carbonyl (C=O) groups excluding carboxylic acids is 1. The second-order valence-electron chi connectivity index (χ2n) is 6.38. The van der Waals surface area contributed by atoms with Crippen molar-refractivity contribution in [2.45, 2.75) is 44.0 Å². The number of hydrogen-bond donors (Lipinski definition) is 1. The molecule has 0 aromatic heterocycles. The van der Waals surface area contributed by atoms with Gasteiger partial charge in [-0.05, 0) is 48.4 Å². The highest BCUT2D eigenvalue weighted by Crippen LogP contribution is 2.28. The third kappa shape index (κ3) is 2.54. The SMILES string of the molecule is CC(C)C1C(=O)NCCN1S(=O)(=O)c1ccc2c(c1)CCC2. The molecule has 0 saturated carbocycles. The molecule has 0 spiro atoms. The lowest BCUT2D eigenvalue weighted by atomic mass is 10.0. The van der Waals surface area contributed by atoms with Crippen LogP contribution in [0.4, 0.5) is 0 Å². The van der Waals surface area contributed by atoms with Gasteiger partial charge in [-0.3, -0.25) is 4.79 Å². The predicted octanol–water partition coefficient (Wildman–Crippen LogP) is 1.32. The number of carbonyl (C=O) groups is 1. The molecule has 5 nitrogen and oxygen atoms in total. The van der Waals surface area contributed by atoms with Gasteiger partial charge in [-0.1, -0.05) is 19.9 Å². The summed E-state index contributed by atoms with van der Waals surface area (Å²) in [6.07, 6.45) is 3.04. The van der Waals surface area contributed by atoms with Crippen LogP contribution < -0.4 is 5.32 Å². The molecule has 1 saturated heterocycles. The fourth-order valence-corrected chi connectivity index (χ4v) is 5.18. The third-order valence-corrected chi connectivity index (χ3v) is 6.40. The molecule has 120 valence electrons. The van der Waals surface area contributed by atoms with E-state index in [2.05, 4.69) is 5.32 Å². The molecular weight excluding hydrogens is 300 g/mol. The van der Waals surface area contributed by atoms with Gasteiger partial charge in [0.15, 0.2) is 0 Å². The molecule has 1 aromatic carbocycles. The van der Waals surface area contributed by atoms with Crippen molar-refractivity contribution in [2.75, 3.05) is 13.1 Å². The van der Waals surface area contributed by atoms with E-state index in [-0.39, 0.29) is 11.8 Å². The van der Waals surface area contributed by atoms with Gasteiger partial charge in [0.2, 0.25) is 15.9 Å². The van der Waals surface area contributed by atoms with Crippen LogP contribution in [0.2, 0.25) is 0 Å². The van der Waals surface area contributed by atoms with E-state index in [4.69, 9.17) is 0 Å². The number of piperazine rings is 1. The first-order chi connectivity index (χ1) is 10.4. The molecule has 1 atom stereocenters. The Morgan fingerprint density at radius 3 is 2.68 bits per heavy atom. The summed E-state index contributed by atoms with van der Waals surface area (Å²) in [5, 5.41) is 2.76. The maximum atomic E-state index is 13.0. The molecule has 1 fully saturated rings. The predicted molar refractivity (Wildman–Crippen MR) is 84.0 cm³/mol. The van der Waals surface area contributed by atoms with Crippen molar-refractivity contribution in [3.8, 4) is 0 Å². The first kappa shape index (κ1) is 15.5. The Morgan fingerprint density at radius 2 is 1.95 bits per heavy atom. The van der Waals surface area contributed by atoms with E-state index in [1.165, 1.54) is 9.87 Å². The standard InChI is InChI=1S/C16H22N2O3S/c1-11(2)15-16(19)17-8-9-18(15)22(20,21)14-7-6-12-4-3-5-13(12)10-14/h6-7,10-11,15H,3-5,8-9H2,1-2H3,(H,17,19). The zero-order chi connectivity index (χ0) is 15.9. The van der Waals surface area contributed by atoms with Crippen LogP contribution in [0.5, 0.6) is 0 Å². The zero-order valence-electron chi connectivity index (χ0n) is 13.0. The zero-order valence-corrected chi connectivity index (χ0v) is 13.8. The van der Waals surface area contributed by atoms with E-state index in [0.29, 0.717) is 18.0 Å². The first-order valence-corrected chi connectivity index (χ1v) is 9.26. The monoisotopic (exact) mass is 322 g/mol. The fraction of sp³-hybridized carbons (Fsp3) is 0.562. The van der Waals surface area contributed by atoms with Crippen LogP contribution in [-0.2, 0) is 27.7 Å². The summed E-state index contributed by atoms with van der Waals surface area (Å²) in [6, 6.07) is 4.76. The highest BCUT2D eigenvalue weighted by Gasteiger charge is 2.40. The molecule has 1 unspecified atom stereocenters. The van der Waals surface area contributed by atoms with Crippen LogP contribution in [0.15, 0.2) is 23.1 Å². The third-order valence-electron chi connectivity index (χ3n) is 4.52. The Morgan fingerprint density at radius 1 is 1.23 bits per heavy atom. The second-order valence-corrected chi connectivity index (χ2v) is 8.27. The summed E-state index contributed by atoms with van der Waals surface area (Å²) in [6.45, 7) is 4.45. The van der Waals surface area contributed by atoms with Gasteiger partial charge >= 0.3 is 0 Å². The largest absolute Gasteiger partial charge is 0.353 e. The van der Waals surface area contributed by atoms with Gasteiger partial charge in [0.25, 0.3) is 0 Å². The molecule has 0 bridgehead atoms. The van der Waals surface area contributed by atoms with Crippen LogP contribution in [-0.4, -0.2) is 37.8 Å². The quantitative estimate of drug-likeness (QED) is 0.913. The van der Waals surface area contributed by atoms with Gasteiger partial charge in [0.1, 0.15) is 6.04 Å². The topological polar surface area (TPSA) is 66.5 Å². The molecule has 2 aliphatic rings. The molecule has 1 aliphatic heterocycles. The van der Waals surface area contributed by atoms with Crippen LogP contribution in [0.3, 0.4) is 0 Å². The van der Waals surface area contributed by atoms with Gasteiger partial charge in [0.05, 0.1) is 4.90 Å². The highest BCUT2D eigenvalue weighted by atomic mass is 32.2. The van der Waals surface area contributed by atoms with E-state index in [0.717, 1.165) is 24.8 Å². The minimum Gasteiger partial charge on any atom is -0.353 e. The van der Waals surface area contributed by atoms with Gasteiger partial charge in [-0.2, -0.15) is 4.31 Å². The van der Waals surface area contributed by atoms with Crippen molar-refractivity contribution in [1.82, 2.24) is 9.62 Å². The Balaban J connectivity index is 1.99. The number of rotatable bonds is 3. The number of benzene rings is 1. The first-order valence-electron chi connectivity index (χ1n) is 7.82. The van der Waals surface area contributed by atoms with Crippen molar-refractivity contribution >= 4 is 15.9 Å². The van der Waals surface area contributed by atoms with E-state index in [9.17, 15) is 13.2 Å². The lowest BCUT2D eigenvalue weighted by Crippen LogP contribution is -2.59. The van der Waals surface area contributed by atoms with Crippen molar-refractivity contribution in [1.29, 1.82) is 0 Å². The lowest BCUT2D eigenvalue weighted by molar-refractivity contribution is -0.128. The molecule has 1 heterocycles. The number of amides is 1. The Hall–Kier alpha value is -1.40. The fourth-order valence-electron chi connectivity index (χ4n) is 3.41. The summed E-state index contributed by atoms with van der Waals surface area (Å²) >= 11 is 0. The molecule has 3 rings (SSSR count). The molecule has 6 heteroatoms. The maximum absolute atomic E-state index is 13.0. The van der Waals surface area contributed by atoms with E-state index >= 15 is 0 Å². The molecule has 1 aromatic rings. The number of aryl methyl sites for hydroxylation is 2. The number of nitrogens with one attached hydrogen (secondary N) is 1. The van der Waals surface area contributed by atoms with Gasteiger partial charge in [-0.15, -0.1) is 0 Å². The van der Waals surface area contributed by atoms with Crippen molar-refractivity contribution in [3.05, 3.63) is 29.3 Å². The normalized spacial score (nSPS) is 22.7. The van der Waals surface area contributed by atoms with Crippen molar-refractivity contribution < 1.29 is 13.2 Å². The number of nitrogens with zero attached hydrogens (tertiary/aromatic N) is 1. The maximum Gasteiger partial charge on any atom is 0.243 e. The van der Waals surface area contributed by atoms with Gasteiger partial charge in [-0.25, -0.2) is 8.42 Å². The molecule has 1 amide bonds. The number of fused-ring (bicyclic) bond motifs is 1. The number of sulfonamides is 1. The van der Waals surface area contributed by atoms with Gasteiger partial charge in [0, 0.05) is 13.1 Å². The number of hydrogen-bond acceptors (Lipinski definition) is 3. The Bertz CT molecular complexity index is 697. The smallest absolute Gasteiger partial charge is 0.243 e. The van der Waals surface area contributed by atoms with Gasteiger partial charge < -0.3 is 5.32 Å². The average molecular weight is 322 g/mol. The summed E-state index contributed by atoms with van der Waals surface area (Å²) in [4.78, 5) is 12.4. The summed E-state index contributed by atoms with van der Waals surface area (Å²) in [5.74, 6) is -0.268. The van der Waals surface area contributed by atoms with E-state index < -0.39 is 16.1 Å². The summed E-state index contributed by atoms with van der Waals surface area (Å²) < 4.78 is 27.4. The van der Waals surface area contributed by atoms with Crippen molar-refractivity contribution in [2.24, 2.45) is 5.92 Å². The van der Waals surface area contributed by atoms with Crippen LogP contribution in [0, 0.1) is 5.92 Å². The van der Waals surface area contributed by atoms with E-state index in [1.54, 1.807) is 12.1 Å². The van der Waals surface area contributed by atoms with Crippen molar-refractivity contribution in [3.63, 3.8) is 0 Å².